The molecule has 0 aromatic heterocycles. The summed E-state index contributed by atoms with van der Waals surface area (Å²) in [4.78, 5) is 5.04. The summed E-state index contributed by atoms with van der Waals surface area (Å²) in [6.07, 6.45) is 4.42. The van der Waals surface area contributed by atoms with Gasteiger partial charge in [-0.1, -0.05) is 54.6 Å². The average molecular weight is 403 g/mol. The number of fused-ring (bicyclic) bond motifs is 1. The Bertz CT molecular complexity index is 1010. The number of hydrogen-bond donors (Lipinski definition) is 0. The Kier molecular flexibility index (Phi) is 6.67. The van der Waals surface area contributed by atoms with Gasteiger partial charge in [-0.2, -0.15) is 0 Å². The highest BCUT2D eigenvalue weighted by Crippen LogP contribution is 2.29. The second-order valence-corrected chi connectivity index (χ2v) is 7.72. The summed E-state index contributed by atoms with van der Waals surface area (Å²) in [6.45, 7) is 6.20. The van der Waals surface area contributed by atoms with Crippen molar-refractivity contribution in [3.8, 4) is 11.5 Å². The number of methoxy groups -OCH3 is 2. The molecule has 4 nitrogen and oxygen atoms in total. The third-order valence-electron chi connectivity index (χ3n) is 5.83. The first-order valence-electron chi connectivity index (χ1n) is 10.6. The van der Waals surface area contributed by atoms with Gasteiger partial charge in [-0.05, 0) is 34.5 Å². The average Bonchev–Trinajstić information content (AvgIpc) is 2.80. The molecule has 3 aromatic rings. The molecule has 30 heavy (non-hydrogen) atoms. The topological polar surface area (TPSA) is 24.9 Å². The Hall–Kier alpha value is -2.82. The lowest BCUT2D eigenvalue weighted by Crippen LogP contribution is -2.45. The maximum atomic E-state index is 5.67. The molecule has 0 unspecified atom stereocenters. The summed E-state index contributed by atoms with van der Waals surface area (Å²) >= 11 is 0. The van der Waals surface area contributed by atoms with Crippen molar-refractivity contribution in [1.29, 1.82) is 0 Å². The summed E-state index contributed by atoms with van der Waals surface area (Å²) in [7, 11) is 3.47. The minimum absolute atomic E-state index is 0.898. The van der Waals surface area contributed by atoms with E-state index < -0.39 is 0 Å². The lowest BCUT2D eigenvalue weighted by atomic mass is 10.0. The molecule has 4 heteroatoms. The Balaban J connectivity index is 1.34. The van der Waals surface area contributed by atoms with Gasteiger partial charge in [0.25, 0.3) is 0 Å². The number of rotatable bonds is 7. The van der Waals surface area contributed by atoms with E-state index in [0.717, 1.165) is 50.8 Å². The molecule has 1 heterocycles. The maximum absolute atomic E-state index is 5.67. The third-order valence-corrected chi connectivity index (χ3v) is 5.83. The van der Waals surface area contributed by atoms with E-state index in [1.54, 1.807) is 14.2 Å². The largest absolute Gasteiger partial charge is 0.497 e. The zero-order valence-corrected chi connectivity index (χ0v) is 17.9. The fourth-order valence-electron chi connectivity index (χ4n) is 4.11. The van der Waals surface area contributed by atoms with Crippen LogP contribution >= 0.6 is 0 Å². The van der Waals surface area contributed by atoms with Crippen molar-refractivity contribution in [2.45, 2.75) is 6.54 Å². The molecule has 1 saturated heterocycles. The number of ether oxygens (including phenoxy) is 2. The quantitative estimate of drug-likeness (QED) is 0.573. The van der Waals surface area contributed by atoms with Gasteiger partial charge in [-0.3, -0.25) is 9.80 Å². The molecule has 0 N–H and O–H groups in total. The molecule has 0 amide bonds. The molecule has 0 spiro atoms. The van der Waals surface area contributed by atoms with E-state index in [9.17, 15) is 0 Å². The summed E-state index contributed by atoms with van der Waals surface area (Å²) < 4.78 is 11.0. The molecule has 1 aliphatic heterocycles. The maximum Gasteiger partial charge on any atom is 0.123 e. The zero-order chi connectivity index (χ0) is 20.8. The first-order valence-corrected chi connectivity index (χ1v) is 10.6. The van der Waals surface area contributed by atoms with Gasteiger partial charge in [0.05, 0.1) is 14.2 Å². The molecule has 0 bridgehead atoms. The van der Waals surface area contributed by atoms with Crippen LogP contribution in [-0.2, 0) is 6.54 Å². The van der Waals surface area contributed by atoms with Crippen molar-refractivity contribution >= 4 is 16.8 Å². The summed E-state index contributed by atoms with van der Waals surface area (Å²) in [5.74, 6) is 1.88. The van der Waals surface area contributed by atoms with Crippen molar-refractivity contribution in [3.05, 3.63) is 77.9 Å². The van der Waals surface area contributed by atoms with Crippen LogP contribution in [0.4, 0.5) is 0 Å². The summed E-state index contributed by atoms with van der Waals surface area (Å²) in [6, 6.07) is 21.0. The number of nitrogens with zero attached hydrogens (tertiary/aromatic N) is 2. The highest BCUT2D eigenvalue weighted by atomic mass is 16.5. The van der Waals surface area contributed by atoms with Gasteiger partial charge < -0.3 is 9.47 Å². The van der Waals surface area contributed by atoms with Gasteiger partial charge in [0.15, 0.2) is 0 Å². The number of piperazine rings is 1. The Morgan fingerprint density at radius 1 is 0.833 bits per heavy atom. The third kappa shape index (κ3) is 4.84. The van der Waals surface area contributed by atoms with Gasteiger partial charge in [0.1, 0.15) is 11.5 Å². The van der Waals surface area contributed by atoms with Crippen molar-refractivity contribution in [3.63, 3.8) is 0 Å². The lowest BCUT2D eigenvalue weighted by Gasteiger charge is -2.34. The van der Waals surface area contributed by atoms with E-state index in [4.69, 9.17) is 9.47 Å². The molecule has 0 aliphatic carbocycles. The van der Waals surface area contributed by atoms with Gasteiger partial charge in [-0.25, -0.2) is 0 Å². The Morgan fingerprint density at radius 2 is 1.63 bits per heavy atom. The minimum Gasteiger partial charge on any atom is -0.497 e. The standard InChI is InChI=1S/C26H30N2O2/c1-29-23-10-5-7-21(19-23)8-6-14-27-15-17-28(18-16-27)20-25-24-11-4-3-9-22(24)12-13-26(25)30-2/h3-13,19H,14-18,20H2,1-2H3. The second-order valence-electron chi connectivity index (χ2n) is 7.72. The summed E-state index contributed by atoms with van der Waals surface area (Å²) in [5.41, 5.74) is 2.47. The molecule has 1 fully saturated rings. The van der Waals surface area contributed by atoms with Crippen LogP contribution in [0.1, 0.15) is 11.1 Å². The second kappa shape index (κ2) is 9.79. The predicted octanol–water partition coefficient (Wildman–Crippen LogP) is 4.69. The first-order chi connectivity index (χ1) is 14.8. The van der Waals surface area contributed by atoms with Crippen LogP contribution in [-0.4, -0.2) is 56.7 Å². The van der Waals surface area contributed by atoms with E-state index in [2.05, 4.69) is 70.5 Å². The van der Waals surface area contributed by atoms with Crippen LogP contribution in [0, 0.1) is 0 Å². The number of hydrogen-bond acceptors (Lipinski definition) is 4. The molecular weight excluding hydrogens is 372 g/mol. The van der Waals surface area contributed by atoms with Crippen LogP contribution in [0.3, 0.4) is 0 Å². The molecule has 156 valence electrons. The normalized spacial score (nSPS) is 15.7. The van der Waals surface area contributed by atoms with E-state index in [1.165, 1.54) is 21.9 Å². The van der Waals surface area contributed by atoms with Gasteiger partial charge in [0, 0.05) is 44.8 Å². The number of benzene rings is 3. The van der Waals surface area contributed by atoms with E-state index in [1.807, 2.05) is 12.1 Å². The molecular formula is C26H30N2O2. The monoisotopic (exact) mass is 402 g/mol. The minimum atomic E-state index is 0.898. The molecule has 0 radical (unpaired) electrons. The van der Waals surface area contributed by atoms with Crippen molar-refractivity contribution in [2.75, 3.05) is 46.9 Å². The molecule has 4 rings (SSSR count). The van der Waals surface area contributed by atoms with Crippen molar-refractivity contribution in [1.82, 2.24) is 9.80 Å². The fraction of sp³-hybridized carbons (Fsp3) is 0.308. The van der Waals surface area contributed by atoms with Gasteiger partial charge in [-0.15, -0.1) is 0 Å². The SMILES string of the molecule is COc1cccc(C=CCN2CCN(Cc3c(OC)ccc4ccccc34)CC2)c1. The van der Waals surface area contributed by atoms with Gasteiger partial charge in [0.2, 0.25) is 0 Å². The molecule has 3 aromatic carbocycles. The van der Waals surface area contributed by atoms with Crippen molar-refractivity contribution in [2.24, 2.45) is 0 Å². The van der Waals surface area contributed by atoms with Crippen molar-refractivity contribution < 1.29 is 9.47 Å². The van der Waals surface area contributed by atoms with Gasteiger partial charge >= 0.3 is 0 Å². The van der Waals surface area contributed by atoms with Crippen LogP contribution in [0.25, 0.3) is 16.8 Å². The lowest BCUT2D eigenvalue weighted by molar-refractivity contribution is 0.136. The fourth-order valence-corrected chi connectivity index (χ4v) is 4.11. The van der Waals surface area contributed by atoms with Crippen LogP contribution in [0.15, 0.2) is 66.7 Å². The van der Waals surface area contributed by atoms with Crippen LogP contribution in [0.5, 0.6) is 11.5 Å². The van der Waals surface area contributed by atoms with E-state index in [0.29, 0.717) is 0 Å². The van der Waals surface area contributed by atoms with Crippen LogP contribution in [0.2, 0.25) is 0 Å². The van der Waals surface area contributed by atoms with E-state index in [-0.39, 0.29) is 0 Å². The highest BCUT2D eigenvalue weighted by molar-refractivity contribution is 5.87. The Labute approximate surface area is 179 Å². The highest BCUT2D eigenvalue weighted by Gasteiger charge is 2.18. The molecule has 1 aliphatic rings. The summed E-state index contributed by atoms with van der Waals surface area (Å²) in [5, 5.41) is 2.56. The zero-order valence-electron chi connectivity index (χ0n) is 17.9. The first kappa shape index (κ1) is 20.5. The Morgan fingerprint density at radius 3 is 2.43 bits per heavy atom. The van der Waals surface area contributed by atoms with Crippen LogP contribution < -0.4 is 9.47 Å². The molecule has 0 saturated carbocycles. The molecule has 0 atom stereocenters. The predicted molar refractivity (Wildman–Crippen MR) is 124 cm³/mol. The van der Waals surface area contributed by atoms with E-state index >= 15 is 0 Å². The smallest absolute Gasteiger partial charge is 0.123 e.